The van der Waals surface area contributed by atoms with Gasteiger partial charge < -0.3 is 5.32 Å². The molecule has 7 nitrogen and oxygen atoms in total. The van der Waals surface area contributed by atoms with Crippen LogP contribution in [0.3, 0.4) is 0 Å². The molecule has 3 aromatic rings. The SMILES string of the molecule is Cc1nc(CC2CCCN(S(=O)(=O)c3ccccc3)C2)cc(Nc2ncc(C)s2)n1. The largest absolute Gasteiger partial charge is 0.316 e. The predicted octanol–water partition coefficient (Wildman–Crippen LogP) is 3.94. The molecular weight excluding hydrogens is 418 g/mol. The molecule has 0 aliphatic carbocycles. The van der Waals surface area contributed by atoms with E-state index in [1.165, 1.54) is 0 Å². The van der Waals surface area contributed by atoms with Crippen molar-refractivity contribution in [3.05, 3.63) is 59.0 Å². The molecule has 1 aliphatic rings. The first-order valence-corrected chi connectivity index (χ1v) is 12.2. The molecule has 1 aromatic carbocycles. The van der Waals surface area contributed by atoms with Gasteiger partial charge in [-0.15, -0.1) is 11.3 Å². The monoisotopic (exact) mass is 443 g/mol. The maximum absolute atomic E-state index is 13.0. The van der Waals surface area contributed by atoms with Gasteiger partial charge in [-0.05, 0) is 51.2 Å². The summed E-state index contributed by atoms with van der Waals surface area (Å²) in [6, 6.07) is 10.6. The minimum absolute atomic E-state index is 0.224. The summed E-state index contributed by atoms with van der Waals surface area (Å²) in [5.74, 6) is 1.63. The highest BCUT2D eigenvalue weighted by Gasteiger charge is 2.30. The summed E-state index contributed by atoms with van der Waals surface area (Å²) < 4.78 is 27.6. The second kappa shape index (κ2) is 8.79. The topological polar surface area (TPSA) is 88.1 Å². The lowest BCUT2D eigenvalue weighted by atomic mass is 9.94. The lowest BCUT2D eigenvalue weighted by Crippen LogP contribution is -2.40. The smallest absolute Gasteiger partial charge is 0.243 e. The van der Waals surface area contributed by atoms with E-state index in [4.69, 9.17) is 0 Å². The third kappa shape index (κ3) is 4.85. The summed E-state index contributed by atoms with van der Waals surface area (Å²) >= 11 is 1.57. The van der Waals surface area contributed by atoms with E-state index in [1.54, 1.807) is 39.9 Å². The molecule has 0 amide bonds. The number of nitrogens with one attached hydrogen (secondary N) is 1. The van der Waals surface area contributed by atoms with Gasteiger partial charge in [0.1, 0.15) is 11.6 Å². The minimum Gasteiger partial charge on any atom is -0.316 e. The van der Waals surface area contributed by atoms with Crippen LogP contribution < -0.4 is 5.32 Å². The molecule has 0 bridgehead atoms. The van der Waals surface area contributed by atoms with Gasteiger partial charge in [-0.3, -0.25) is 0 Å². The summed E-state index contributed by atoms with van der Waals surface area (Å²) in [4.78, 5) is 14.9. The summed E-state index contributed by atoms with van der Waals surface area (Å²) in [7, 11) is -3.46. The van der Waals surface area contributed by atoms with Crippen molar-refractivity contribution in [1.82, 2.24) is 19.3 Å². The summed E-state index contributed by atoms with van der Waals surface area (Å²) in [6.45, 7) is 4.95. The molecule has 30 heavy (non-hydrogen) atoms. The molecule has 1 fully saturated rings. The zero-order valence-electron chi connectivity index (χ0n) is 17.1. The zero-order chi connectivity index (χ0) is 21.1. The molecule has 0 saturated carbocycles. The van der Waals surface area contributed by atoms with Crippen LogP contribution in [-0.4, -0.2) is 40.8 Å². The van der Waals surface area contributed by atoms with Crippen LogP contribution in [0.15, 0.2) is 47.5 Å². The molecular formula is C21H25N5O2S2. The van der Waals surface area contributed by atoms with Crippen molar-refractivity contribution in [2.24, 2.45) is 5.92 Å². The van der Waals surface area contributed by atoms with Crippen molar-refractivity contribution in [2.75, 3.05) is 18.4 Å². The first kappa shape index (κ1) is 20.9. The molecule has 1 unspecified atom stereocenters. The summed E-state index contributed by atoms with van der Waals surface area (Å²) in [6.07, 6.45) is 4.38. The van der Waals surface area contributed by atoms with E-state index in [0.29, 0.717) is 23.8 Å². The van der Waals surface area contributed by atoms with Gasteiger partial charge in [0, 0.05) is 35.9 Å². The van der Waals surface area contributed by atoms with Crippen LogP contribution in [0.1, 0.15) is 29.2 Å². The number of anilines is 2. The second-order valence-electron chi connectivity index (χ2n) is 7.58. The fourth-order valence-corrected chi connectivity index (χ4v) is 6.02. The average Bonchev–Trinajstić information content (AvgIpc) is 3.13. The number of aryl methyl sites for hydroxylation is 2. The van der Waals surface area contributed by atoms with Crippen LogP contribution in [0, 0.1) is 19.8 Å². The number of nitrogens with zero attached hydrogens (tertiary/aromatic N) is 4. The van der Waals surface area contributed by atoms with Gasteiger partial charge in [0.15, 0.2) is 5.13 Å². The van der Waals surface area contributed by atoms with E-state index in [1.807, 2.05) is 32.2 Å². The fourth-order valence-electron chi connectivity index (χ4n) is 3.77. The van der Waals surface area contributed by atoms with Crippen molar-refractivity contribution in [3.63, 3.8) is 0 Å². The van der Waals surface area contributed by atoms with Crippen LogP contribution in [-0.2, 0) is 16.4 Å². The van der Waals surface area contributed by atoms with Crippen LogP contribution >= 0.6 is 11.3 Å². The van der Waals surface area contributed by atoms with Crippen LogP contribution in [0.25, 0.3) is 0 Å². The van der Waals surface area contributed by atoms with Gasteiger partial charge in [-0.1, -0.05) is 18.2 Å². The molecule has 1 saturated heterocycles. The lowest BCUT2D eigenvalue weighted by molar-refractivity contribution is 0.264. The molecule has 1 aliphatic heterocycles. The molecule has 158 valence electrons. The number of benzene rings is 1. The van der Waals surface area contributed by atoms with Gasteiger partial charge in [0.2, 0.25) is 10.0 Å². The highest BCUT2D eigenvalue weighted by Crippen LogP contribution is 2.27. The Balaban J connectivity index is 1.47. The van der Waals surface area contributed by atoms with Crippen molar-refractivity contribution in [2.45, 2.75) is 38.0 Å². The number of hydrogen-bond donors (Lipinski definition) is 1. The zero-order valence-corrected chi connectivity index (χ0v) is 18.7. The summed E-state index contributed by atoms with van der Waals surface area (Å²) in [5.41, 5.74) is 0.919. The van der Waals surface area contributed by atoms with Gasteiger partial charge in [-0.25, -0.2) is 23.4 Å². The Labute approximate surface area is 181 Å². The Morgan fingerprint density at radius 2 is 2.00 bits per heavy atom. The van der Waals surface area contributed by atoms with E-state index in [-0.39, 0.29) is 5.92 Å². The van der Waals surface area contributed by atoms with E-state index >= 15 is 0 Å². The molecule has 9 heteroatoms. The maximum Gasteiger partial charge on any atom is 0.243 e. The molecule has 0 radical (unpaired) electrons. The van der Waals surface area contributed by atoms with Crippen molar-refractivity contribution in [3.8, 4) is 0 Å². The number of piperidine rings is 1. The number of thiazole rings is 1. The number of rotatable bonds is 6. The van der Waals surface area contributed by atoms with E-state index < -0.39 is 10.0 Å². The van der Waals surface area contributed by atoms with Crippen molar-refractivity contribution in [1.29, 1.82) is 0 Å². The quantitative estimate of drug-likeness (QED) is 0.621. The minimum atomic E-state index is -3.46. The third-order valence-electron chi connectivity index (χ3n) is 5.11. The highest BCUT2D eigenvalue weighted by atomic mass is 32.2. The van der Waals surface area contributed by atoms with Gasteiger partial charge >= 0.3 is 0 Å². The van der Waals surface area contributed by atoms with E-state index in [9.17, 15) is 8.42 Å². The summed E-state index contributed by atoms with van der Waals surface area (Å²) in [5, 5.41) is 4.05. The Bertz CT molecular complexity index is 1120. The number of sulfonamides is 1. The Morgan fingerprint density at radius 3 is 2.73 bits per heavy atom. The molecule has 1 N–H and O–H groups in total. The molecule has 3 heterocycles. The average molecular weight is 444 g/mol. The molecule has 0 spiro atoms. The Hall–Kier alpha value is -2.36. The maximum atomic E-state index is 13.0. The Morgan fingerprint density at radius 1 is 1.20 bits per heavy atom. The van der Waals surface area contributed by atoms with Gasteiger partial charge in [-0.2, -0.15) is 4.31 Å². The second-order valence-corrected chi connectivity index (χ2v) is 10.8. The first-order valence-electron chi connectivity index (χ1n) is 9.99. The van der Waals surface area contributed by atoms with Crippen LogP contribution in [0.5, 0.6) is 0 Å². The Kier molecular flexibility index (Phi) is 6.12. The lowest BCUT2D eigenvalue weighted by Gasteiger charge is -2.32. The number of aromatic nitrogens is 3. The van der Waals surface area contributed by atoms with Gasteiger partial charge in [0.05, 0.1) is 4.90 Å². The first-order chi connectivity index (χ1) is 14.4. The van der Waals surface area contributed by atoms with E-state index in [0.717, 1.165) is 40.8 Å². The van der Waals surface area contributed by atoms with Gasteiger partial charge in [0.25, 0.3) is 0 Å². The number of hydrogen-bond acceptors (Lipinski definition) is 7. The van der Waals surface area contributed by atoms with Crippen LogP contribution in [0.4, 0.5) is 10.9 Å². The fraction of sp³-hybridized carbons (Fsp3) is 0.381. The normalized spacial score (nSPS) is 17.7. The predicted molar refractivity (Wildman–Crippen MR) is 119 cm³/mol. The van der Waals surface area contributed by atoms with E-state index in [2.05, 4.69) is 20.3 Å². The molecule has 1 atom stereocenters. The van der Waals surface area contributed by atoms with Crippen molar-refractivity contribution >= 4 is 32.3 Å². The highest BCUT2D eigenvalue weighted by molar-refractivity contribution is 7.89. The van der Waals surface area contributed by atoms with Crippen LogP contribution in [0.2, 0.25) is 0 Å². The standard InChI is InChI=1S/C21H25N5O2S2/c1-15-13-22-21(29-15)25-20-12-18(23-16(2)24-20)11-17-7-6-10-26(14-17)30(27,28)19-8-4-3-5-9-19/h3-5,8-9,12-13,17H,6-7,10-11,14H2,1-2H3,(H,22,23,24,25). The van der Waals surface area contributed by atoms with Crippen molar-refractivity contribution < 1.29 is 8.42 Å². The third-order valence-corrected chi connectivity index (χ3v) is 7.82. The molecule has 2 aromatic heterocycles. The molecule has 4 rings (SSSR count).